The van der Waals surface area contributed by atoms with Crippen LogP contribution in [0.5, 0.6) is 0 Å². The first kappa shape index (κ1) is 14.2. The number of hydrogen-bond acceptors (Lipinski definition) is 3. The van der Waals surface area contributed by atoms with Crippen LogP contribution in [0.1, 0.15) is 17.5 Å². The molecule has 0 fully saturated rings. The fourth-order valence-electron chi connectivity index (χ4n) is 1.31. The summed E-state index contributed by atoms with van der Waals surface area (Å²) in [7, 11) is -3.52. The van der Waals surface area contributed by atoms with E-state index in [0.29, 0.717) is 17.7 Å². The Morgan fingerprint density at radius 3 is 2.76 bits per heavy atom. The standard InChI is InChI=1S/C11H13BrN2O2S/c1-9-3-4-10(8-13)7-11(9)17(15,16)14-6-2-5-12/h3-4,7,14H,2,5-6H2,1H3. The fraction of sp³-hybridized carbons (Fsp3) is 0.364. The number of halogens is 1. The summed E-state index contributed by atoms with van der Waals surface area (Å²) in [5.41, 5.74) is 0.979. The molecule has 0 spiro atoms. The number of hydrogen-bond donors (Lipinski definition) is 1. The summed E-state index contributed by atoms with van der Waals surface area (Å²) < 4.78 is 26.4. The number of alkyl halides is 1. The van der Waals surface area contributed by atoms with Crippen LogP contribution < -0.4 is 4.72 Å². The van der Waals surface area contributed by atoms with E-state index in [1.165, 1.54) is 6.07 Å². The minimum absolute atomic E-state index is 0.172. The van der Waals surface area contributed by atoms with Crippen molar-refractivity contribution < 1.29 is 8.42 Å². The minimum atomic E-state index is -3.52. The van der Waals surface area contributed by atoms with Gasteiger partial charge in [-0.3, -0.25) is 0 Å². The number of nitriles is 1. The van der Waals surface area contributed by atoms with Crippen molar-refractivity contribution in [1.29, 1.82) is 5.26 Å². The van der Waals surface area contributed by atoms with Gasteiger partial charge < -0.3 is 0 Å². The normalized spacial score (nSPS) is 11.1. The van der Waals surface area contributed by atoms with Gasteiger partial charge in [0.1, 0.15) is 0 Å². The second kappa shape index (κ2) is 6.15. The lowest BCUT2D eigenvalue weighted by Gasteiger charge is -2.08. The minimum Gasteiger partial charge on any atom is -0.211 e. The maximum absolute atomic E-state index is 12.0. The lowest BCUT2D eigenvalue weighted by molar-refractivity contribution is 0.580. The van der Waals surface area contributed by atoms with Gasteiger partial charge in [-0.15, -0.1) is 0 Å². The lowest BCUT2D eigenvalue weighted by atomic mass is 10.2. The van der Waals surface area contributed by atoms with Crippen LogP contribution in [0.2, 0.25) is 0 Å². The Kier molecular flexibility index (Phi) is 5.12. The second-order valence-corrected chi connectivity index (χ2v) is 6.06. The molecule has 1 aromatic carbocycles. The third-order valence-corrected chi connectivity index (χ3v) is 4.37. The zero-order valence-corrected chi connectivity index (χ0v) is 11.8. The highest BCUT2D eigenvalue weighted by atomic mass is 79.9. The van der Waals surface area contributed by atoms with Crippen LogP contribution in [0.25, 0.3) is 0 Å². The zero-order valence-electron chi connectivity index (χ0n) is 9.40. The largest absolute Gasteiger partial charge is 0.240 e. The molecule has 0 unspecified atom stereocenters. The van der Waals surface area contributed by atoms with Gasteiger partial charge in [0, 0.05) is 11.9 Å². The molecule has 6 heteroatoms. The summed E-state index contributed by atoms with van der Waals surface area (Å²) in [5.74, 6) is 0. The molecule has 0 aromatic heterocycles. The van der Waals surface area contributed by atoms with Crippen molar-refractivity contribution in [3.8, 4) is 6.07 Å². The van der Waals surface area contributed by atoms with E-state index < -0.39 is 10.0 Å². The van der Waals surface area contributed by atoms with E-state index >= 15 is 0 Å². The van der Waals surface area contributed by atoms with Crippen LogP contribution >= 0.6 is 15.9 Å². The smallest absolute Gasteiger partial charge is 0.211 e. The predicted octanol–water partition coefficient (Wildman–Crippen LogP) is 1.93. The van der Waals surface area contributed by atoms with Gasteiger partial charge in [-0.05, 0) is 31.0 Å². The Labute approximate surface area is 110 Å². The predicted molar refractivity (Wildman–Crippen MR) is 69.5 cm³/mol. The number of benzene rings is 1. The van der Waals surface area contributed by atoms with Crippen molar-refractivity contribution in [1.82, 2.24) is 4.72 Å². The Hall–Kier alpha value is -0.900. The number of nitrogens with zero attached hydrogens (tertiary/aromatic N) is 1. The summed E-state index contributed by atoms with van der Waals surface area (Å²) in [4.78, 5) is 0.172. The second-order valence-electron chi connectivity index (χ2n) is 3.53. The van der Waals surface area contributed by atoms with Gasteiger partial charge in [0.2, 0.25) is 10.0 Å². The van der Waals surface area contributed by atoms with E-state index in [9.17, 15) is 8.42 Å². The van der Waals surface area contributed by atoms with Gasteiger partial charge >= 0.3 is 0 Å². The van der Waals surface area contributed by atoms with Gasteiger partial charge in [0.25, 0.3) is 0 Å². The van der Waals surface area contributed by atoms with Crippen LogP contribution in [0, 0.1) is 18.3 Å². The van der Waals surface area contributed by atoms with E-state index in [-0.39, 0.29) is 4.90 Å². The fourth-order valence-corrected chi connectivity index (χ4v) is 2.93. The van der Waals surface area contributed by atoms with Crippen molar-refractivity contribution >= 4 is 26.0 Å². The Morgan fingerprint density at radius 2 is 2.18 bits per heavy atom. The van der Waals surface area contributed by atoms with E-state index in [1.807, 2.05) is 6.07 Å². The quantitative estimate of drug-likeness (QED) is 0.666. The molecular formula is C11H13BrN2O2S. The highest BCUT2D eigenvalue weighted by Gasteiger charge is 2.16. The number of rotatable bonds is 5. The topological polar surface area (TPSA) is 70.0 Å². The van der Waals surface area contributed by atoms with Crippen LogP contribution in [-0.4, -0.2) is 20.3 Å². The Morgan fingerprint density at radius 1 is 1.47 bits per heavy atom. The molecule has 0 radical (unpaired) electrons. The monoisotopic (exact) mass is 316 g/mol. The molecule has 1 N–H and O–H groups in total. The summed E-state index contributed by atoms with van der Waals surface area (Å²) >= 11 is 3.23. The van der Waals surface area contributed by atoms with Crippen molar-refractivity contribution in [2.24, 2.45) is 0 Å². The molecule has 1 aromatic rings. The molecule has 0 amide bonds. The molecule has 0 saturated heterocycles. The maximum Gasteiger partial charge on any atom is 0.240 e. The first-order chi connectivity index (χ1) is 8.01. The van der Waals surface area contributed by atoms with Crippen molar-refractivity contribution in [2.75, 3.05) is 11.9 Å². The van der Waals surface area contributed by atoms with Crippen molar-refractivity contribution in [2.45, 2.75) is 18.2 Å². The number of nitrogens with one attached hydrogen (secondary N) is 1. The highest BCUT2D eigenvalue weighted by molar-refractivity contribution is 9.09. The SMILES string of the molecule is Cc1ccc(C#N)cc1S(=O)(=O)NCCCBr. The molecule has 0 aliphatic carbocycles. The first-order valence-electron chi connectivity index (χ1n) is 5.07. The van der Waals surface area contributed by atoms with Crippen LogP contribution in [-0.2, 0) is 10.0 Å². The molecule has 0 atom stereocenters. The Balaban J connectivity index is 3.02. The molecule has 0 bridgehead atoms. The van der Waals surface area contributed by atoms with Crippen LogP contribution in [0.4, 0.5) is 0 Å². The molecule has 0 saturated carbocycles. The van der Waals surface area contributed by atoms with Gasteiger partial charge in [-0.1, -0.05) is 22.0 Å². The van der Waals surface area contributed by atoms with E-state index in [0.717, 1.165) is 11.8 Å². The van der Waals surface area contributed by atoms with E-state index in [2.05, 4.69) is 20.7 Å². The van der Waals surface area contributed by atoms with Gasteiger partial charge in [-0.25, -0.2) is 13.1 Å². The summed E-state index contributed by atoms with van der Waals surface area (Å²) in [6.07, 6.45) is 0.718. The third-order valence-electron chi connectivity index (χ3n) is 2.21. The molecule has 0 aliphatic rings. The summed E-state index contributed by atoms with van der Waals surface area (Å²) in [6, 6.07) is 6.57. The third kappa shape index (κ3) is 3.80. The van der Waals surface area contributed by atoms with E-state index in [1.54, 1.807) is 19.1 Å². The average Bonchev–Trinajstić information content (AvgIpc) is 2.29. The zero-order chi connectivity index (χ0) is 12.9. The number of aryl methyl sites for hydroxylation is 1. The molecule has 92 valence electrons. The molecule has 17 heavy (non-hydrogen) atoms. The van der Waals surface area contributed by atoms with Gasteiger partial charge in [0.05, 0.1) is 16.5 Å². The maximum atomic E-state index is 12.0. The molecule has 0 heterocycles. The summed E-state index contributed by atoms with van der Waals surface area (Å²) in [6.45, 7) is 2.09. The molecule has 1 rings (SSSR count). The highest BCUT2D eigenvalue weighted by Crippen LogP contribution is 2.16. The molecular weight excluding hydrogens is 304 g/mol. The average molecular weight is 317 g/mol. The summed E-state index contributed by atoms with van der Waals surface area (Å²) in [5, 5.41) is 9.50. The number of sulfonamides is 1. The van der Waals surface area contributed by atoms with Gasteiger partial charge in [0.15, 0.2) is 0 Å². The van der Waals surface area contributed by atoms with Gasteiger partial charge in [-0.2, -0.15) is 5.26 Å². The van der Waals surface area contributed by atoms with Crippen LogP contribution in [0.3, 0.4) is 0 Å². The van der Waals surface area contributed by atoms with E-state index in [4.69, 9.17) is 5.26 Å². The lowest BCUT2D eigenvalue weighted by Crippen LogP contribution is -2.25. The molecule has 4 nitrogen and oxygen atoms in total. The Bertz CT molecular complexity index is 535. The molecule has 0 aliphatic heterocycles. The van der Waals surface area contributed by atoms with Crippen molar-refractivity contribution in [3.63, 3.8) is 0 Å². The first-order valence-corrected chi connectivity index (χ1v) is 7.68. The van der Waals surface area contributed by atoms with Crippen LogP contribution in [0.15, 0.2) is 23.1 Å². The van der Waals surface area contributed by atoms with Crippen molar-refractivity contribution in [3.05, 3.63) is 29.3 Å².